The summed E-state index contributed by atoms with van der Waals surface area (Å²) >= 11 is 12.2. The fraction of sp³-hybridized carbons (Fsp3) is 0.500. The number of hydrogen-bond donors (Lipinski definition) is 0. The molecule has 18 heavy (non-hydrogen) atoms. The smallest absolute Gasteiger partial charge is 0.111 e. The van der Waals surface area contributed by atoms with Gasteiger partial charge in [-0.05, 0) is 25.0 Å². The molecule has 0 bridgehead atoms. The molecule has 2 rings (SSSR count). The van der Waals surface area contributed by atoms with E-state index in [2.05, 4.69) is 30.3 Å². The third-order valence-electron chi connectivity index (χ3n) is 3.42. The quantitative estimate of drug-likeness (QED) is 0.745. The second-order valence-corrected chi connectivity index (χ2v) is 5.71. The molecule has 0 aliphatic heterocycles. The van der Waals surface area contributed by atoms with Gasteiger partial charge in [-0.3, -0.25) is 0 Å². The van der Waals surface area contributed by atoms with Crippen LogP contribution < -0.4 is 0 Å². The molecule has 0 N–H and O–H groups in total. The van der Waals surface area contributed by atoms with Gasteiger partial charge in [0.15, 0.2) is 0 Å². The minimum atomic E-state index is 0.355. The van der Waals surface area contributed by atoms with Gasteiger partial charge in [-0.15, -0.1) is 11.6 Å². The monoisotopic (exact) mass is 284 g/mol. The summed E-state index contributed by atoms with van der Waals surface area (Å²) in [6, 6.07) is 6.21. The van der Waals surface area contributed by atoms with Crippen LogP contribution in [0.4, 0.5) is 0 Å². The third kappa shape index (κ3) is 2.36. The lowest BCUT2D eigenvalue weighted by molar-refractivity contribution is 0.407. The van der Waals surface area contributed by atoms with E-state index in [9.17, 15) is 0 Å². The Bertz CT molecular complexity index is 546. The Morgan fingerprint density at radius 2 is 2.00 bits per heavy atom. The number of aromatic nitrogens is 2. The van der Waals surface area contributed by atoms with E-state index < -0.39 is 0 Å². The van der Waals surface area contributed by atoms with Gasteiger partial charge in [0.2, 0.25) is 0 Å². The molecule has 0 aliphatic carbocycles. The van der Waals surface area contributed by atoms with Crippen LogP contribution in [-0.2, 0) is 6.42 Å². The Morgan fingerprint density at radius 1 is 1.28 bits per heavy atom. The number of hydrogen-bond acceptors (Lipinski definition) is 1. The maximum absolute atomic E-state index is 6.33. The second kappa shape index (κ2) is 5.50. The number of rotatable bonds is 4. The summed E-state index contributed by atoms with van der Waals surface area (Å²) in [6.45, 7) is 6.61. The van der Waals surface area contributed by atoms with Crippen LogP contribution in [0.3, 0.4) is 0 Å². The van der Waals surface area contributed by atoms with Crippen molar-refractivity contribution in [1.29, 1.82) is 0 Å². The van der Waals surface area contributed by atoms with Crippen LogP contribution in [-0.4, -0.2) is 15.4 Å². The predicted octanol–water partition coefficient (Wildman–Crippen LogP) is 4.69. The zero-order chi connectivity index (χ0) is 13.3. The molecule has 0 amide bonds. The summed E-state index contributed by atoms with van der Waals surface area (Å²) in [4.78, 5) is 4.66. The molecule has 1 atom stereocenters. The first-order valence-electron chi connectivity index (χ1n) is 6.27. The van der Waals surface area contributed by atoms with Crippen LogP contribution in [0, 0.1) is 5.92 Å². The molecule has 0 radical (unpaired) electrons. The first kappa shape index (κ1) is 13.7. The van der Waals surface area contributed by atoms with Crippen molar-refractivity contribution in [3.8, 4) is 0 Å². The second-order valence-electron chi connectivity index (χ2n) is 4.93. The summed E-state index contributed by atoms with van der Waals surface area (Å²) in [7, 11) is 0. The first-order valence-corrected chi connectivity index (χ1v) is 7.18. The Balaban J connectivity index is 2.68. The largest absolute Gasteiger partial charge is 0.324 e. The maximum Gasteiger partial charge on any atom is 0.111 e. The highest BCUT2D eigenvalue weighted by Gasteiger charge is 2.19. The van der Waals surface area contributed by atoms with E-state index in [1.807, 2.05) is 18.2 Å². The Morgan fingerprint density at radius 3 is 2.61 bits per heavy atom. The van der Waals surface area contributed by atoms with Crippen molar-refractivity contribution < 1.29 is 0 Å². The predicted molar refractivity (Wildman–Crippen MR) is 78.7 cm³/mol. The first-order chi connectivity index (χ1) is 8.56. The van der Waals surface area contributed by atoms with E-state index in [-0.39, 0.29) is 0 Å². The van der Waals surface area contributed by atoms with Gasteiger partial charge in [-0.1, -0.05) is 31.5 Å². The molecule has 1 unspecified atom stereocenters. The van der Waals surface area contributed by atoms with E-state index >= 15 is 0 Å². The van der Waals surface area contributed by atoms with Crippen LogP contribution in [0.15, 0.2) is 18.2 Å². The average molecular weight is 285 g/mol. The number of imidazole rings is 1. The van der Waals surface area contributed by atoms with Gasteiger partial charge in [-0.25, -0.2) is 4.98 Å². The maximum atomic E-state index is 6.33. The van der Waals surface area contributed by atoms with Crippen molar-refractivity contribution in [2.45, 2.75) is 33.2 Å². The fourth-order valence-electron chi connectivity index (χ4n) is 2.15. The third-order valence-corrected chi connectivity index (χ3v) is 3.92. The van der Waals surface area contributed by atoms with Crippen molar-refractivity contribution in [2.24, 2.45) is 5.92 Å². The summed E-state index contributed by atoms with van der Waals surface area (Å²) < 4.78 is 2.24. The van der Waals surface area contributed by atoms with Crippen molar-refractivity contribution in [2.75, 3.05) is 5.88 Å². The van der Waals surface area contributed by atoms with Crippen molar-refractivity contribution in [1.82, 2.24) is 9.55 Å². The van der Waals surface area contributed by atoms with E-state index in [0.29, 0.717) is 17.8 Å². The van der Waals surface area contributed by atoms with Gasteiger partial charge in [0, 0.05) is 18.3 Å². The van der Waals surface area contributed by atoms with Gasteiger partial charge >= 0.3 is 0 Å². The van der Waals surface area contributed by atoms with Gasteiger partial charge in [0.05, 0.1) is 16.1 Å². The average Bonchev–Trinajstić information content (AvgIpc) is 2.68. The molecular formula is C14H18Cl2N2. The van der Waals surface area contributed by atoms with Gasteiger partial charge in [0.25, 0.3) is 0 Å². The topological polar surface area (TPSA) is 17.8 Å². The minimum absolute atomic E-state index is 0.355. The Hall–Kier alpha value is -0.730. The molecule has 2 aromatic rings. The Kier molecular flexibility index (Phi) is 4.18. The van der Waals surface area contributed by atoms with Crippen LogP contribution in [0.2, 0.25) is 5.02 Å². The molecule has 0 saturated heterocycles. The summed E-state index contributed by atoms with van der Waals surface area (Å²) in [6.07, 6.45) is 0.767. The van der Waals surface area contributed by atoms with Crippen molar-refractivity contribution in [3.63, 3.8) is 0 Å². The van der Waals surface area contributed by atoms with Crippen molar-refractivity contribution in [3.05, 3.63) is 29.0 Å². The summed E-state index contributed by atoms with van der Waals surface area (Å²) in [5.74, 6) is 2.12. The number of alkyl halides is 1. The molecule has 2 nitrogen and oxygen atoms in total. The molecule has 1 aromatic heterocycles. The molecule has 0 fully saturated rings. The zero-order valence-electron chi connectivity index (χ0n) is 11.0. The SMILES string of the molecule is CC(C)C(C)n1c(CCCl)nc2cccc(Cl)c21. The van der Waals surface area contributed by atoms with E-state index in [1.54, 1.807) is 0 Å². The standard InChI is InChI=1S/C14H18Cl2N2/c1-9(2)10(3)18-13(7-8-15)17-12-6-4-5-11(16)14(12)18/h4-6,9-10H,7-8H2,1-3H3. The molecule has 0 aliphatic rings. The Labute approximate surface area is 118 Å². The molecular weight excluding hydrogens is 267 g/mol. The normalized spacial score (nSPS) is 13.4. The van der Waals surface area contributed by atoms with Gasteiger partial charge in [0.1, 0.15) is 5.82 Å². The highest BCUT2D eigenvalue weighted by Crippen LogP contribution is 2.30. The number of aryl methyl sites for hydroxylation is 1. The molecule has 1 heterocycles. The number of nitrogens with zero attached hydrogens (tertiary/aromatic N) is 2. The van der Waals surface area contributed by atoms with Crippen LogP contribution in [0.5, 0.6) is 0 Å². The van der Waals surface area contributed by atoms with E-state index in [4.69, 9.17) is 23.2 Å². The highest BCUT2D eigenvalue weighted by atomic mass is 35.5. The summed E-state index contributed by atoms with van der Waals surface area (Å²) in [5.41, 5.74) is 1.98. The van der Waals surface area contributed by atoms with Crippen LogP contribution >= 0.6 is 23.2 Å². The number of benzene rings is 1. The molecule has 0 spiro atoms. The van der Waals surface area contributed by atoms with E-state index in [1.165, 1.54) is 0 Å². The minimum Gasteiger partial charge on any atom is -0.324 e. The van der Waals surface area contributed by atoms with Crippen molar-refractivity contribution >= 4 is 34.2 Å². The van der Waals surface area contributed by atoms with Gasteiger partial charge < -0.3 is 4.57 Å². The zero-order valence-corrected chi connectivity index (χ0v) is 12.5. The highest BCUT2D eigenvalue weighted by molar-refractivity contribution is 6.35. The van der Waals surface area contributed by atoms with E-state index in [0.717, 1.165) is 28.3 Å². The molecule has 0 saturated carbocycles. The lowest BCUT2D eigenvalue weighted by atomic mass is 10.1. The summed E-state index contributed by atoms with van der Waals surface area (Å²) in [5, 5.41) is 0.758. The fourth-order valence-corrected chi connectivity index (χ4v) is 2.58. The molecule has 4 heteroatoms. The molecule has 1 aromatic carbocycles. The lowest BCUT2D eigenvalue weighted by Crippen LogP contribution is -2.15. The number of fused-ring (bicyclic) bond motifs is 1. The number of para-hydroxylation sites is 1. The van der Waals surface area contributed by atoms with Crippen LogP contribution in [0.25, 0.3) is 11.0 Å². The van der Waals surface area contributed by atoms with Crippen LogP contribution in [0.1, 0.15) is 32.6 Å². The molecule has 98 valence electrons. The lowest BCUT2D eigenvalue weighted by Gasteiger charge is -2.21. The number of halogens is 2. The van der Waals surface area contributed by atoms with Gasteiger partial charge in [-0.2, -0.15) is 0 Å².